The van der Waals surface area contributed by atoms with Crippen LogP contribution < -0.4 is 5.32 Å². The van der Waals surface area contributed by atoms with E-state index in [0.29, 0.717) is 5.56 Å². The second kappa shape index (κ2) is 7.83. The summed E-state index contributed by atoms with van der Waals surface area (Å²) in [5.41, 5.74) is 5.04. The number of benzene rings is 2. The molecular weight excluding hydrogens is 370 g/mol. The standard InChI is InChI=1S/C23H20F2N4/c1-14-4-3-9-26-21(14)7-8-23-20-13-19(5-6-22(20)28-29-23)27-15(2)16-10-17(24)12-18(25)11-16/h3-13,15,27H,1-2H3,(H,28,29)/b8-7+. The van der Waals surface area contributed by atoms with Crippen LogP contribution in [0.1, 0.15) is 35.5 Å². The number of nitrogens with zero attached hydrogens (tertiary/aromatic N) is 2. The van der Waals surface area contributed by atoms with Gasteiger partial charge < -0.3 is 5.32 Å². The molecule has 0 radical (unpaired) electrons. The number of aryl methyl sites for hydroxylation is 1. The molecule has 0 aliphatic heterocycles. The average molecular weight is 390 g/mol. The largest absolute Gasteiger partial charge is 0.378 e. The molecule has 6 heteroatoms. The van der Waals surface area contributed by atoms with E-state index >= 15 is 0 Å². The number of aromatic nitrogens is 3. The van der Waals surface area contributed by atoms with Crippen molar-refractivity contribution in [1.82, 2.24) is 15.2 Å². The molecule has 0 spiro atoms. The van der Waals surface area contributed by atoms with Gasteiger partial charge in [-0.1, -0.05) is 6.07 Å². The Bertz CT molecular complexity index is 1180. The first-order valence-electron chi connectivity index (χ1n) is 9.30. The number of fused-ring (bicyclic) bond motifs is 1. The number of pyridine rings is 1. The van der Waals surface area contributed by atoms with Gasteiger partial charge in [0.2, 0.25) is 0 Å². The van der Waals surface area contributed by atoms with E-state index in [2.05, 4.69) is 20.5 Å². The summed E-state index contributed by atoms with van der Waals surface area (Å²) in [4.78, 5) is 4.36. The van der Waals surface area contributed by atoms with Crippen LogP contribution in [-0.2, 0) is 0 Å². The van der Waals surface area contributed by atoms with Crippen LogP contribution in [0.2, 0.25) is 0 Å². The Balaban J connectivity index is 1.60. The summed E-state index contributed by atoms with van der Waals surface area (Å²) in [6.07, 6.45) is 5.61. The van der Waals surface area contributed by atoms with Gasteiger partial charge in [0.05, 0.1) is 16.9 Å². The molecule has 0 aliphatic carbocycles. The predicted octanol–water partition coefficient (Wildman–Crippen LogP) is 5.89. The van der Waals surface area contributed by atoms with Crippen molar-refractivity contribution >= 4 is 28.7 Å². The first kappa shape index (κ1) is 18.8. The fourth-order valence-electron chi connectivity index (χ4n) is 3.24. The molecule has 4 nitrogen and oxygen atoms in total. The third kappa shape index (κ3) is 4.16. The van der Waals surface area contributed by atoms with Crippen molar-refractivity contribution in [2.75, 3.05) is 5.32 Å². The zero-order valence-electron chi connectivity index (χ0n) is 16.1. The topological polar surface area (TPSA) is 53.6 Å². The van der Waals surface area contributed by atoms with Crippen molar-refractivity contribution in [3.63, 3.8) is 0 Å². The molecule has 2 N–H and O–H groups in total. The molecule has 2 heterocycles. The summed E-state index contributed by atoms with van der Waals surface area (Å²) < 4.78 is 27.0. The Morgan fingerprint density at radius 2 is 1.76 bits per heavy atom. The lowest BCUT2D eigenvalue weighted by molar-refractivity contribution is 0.577. The third-order valence-electron chi connectivity index (χ3n) is 4.81. The van der Waals surface area contributed by atoms with Crippen LogP contribution in [0.4, 0.5) is 14.5 Å². The van der Waals surface area contributed by atoms with Gasteiger partial charge >= 0.3 is 0 Å². The summed E-state index contributed by atoms with van der Waals surface area (Å²) in [5.74, 6) is -1.17. The van der Waals surface area contributed by atoms with Gasteiger partial charge in [-0.25, -0.2) is 8.78 Å². The first-order chi connectivity index (χ1) is 14.0. The maximum atomic E-state index is 13.5. The lowest BCUT2D eigenvalue weighted by Gasteiger charge is -2.16. The quantitative estimate of drug-likeness (QED) is 0.447. The van der Waals surface area contributed by atoms with Crippen LogP contribution >= 0.6 is 0 Å². The Labute approximate surface area is 167 Å². The lowest BCUT2D eigenvalue weighted by Crippen LogP contribution is -2.07. The van der Waals surface area contributed by atoms with Crippen molar-refractivity contribution in [3.8, 4) is 0 Å². The lowest BCUT2D eigenvalue weighted by atomic mass is 10.1. The van der Waals surface area contributed by atoms with E-state index in [4.69, 9.17) is 0 Å². The Kier molecular flexibility index (Phi) is 5.08. The number of halogens is 2. The van der Waals surface area contributed by atoms with Crippen molar-refractivity contribution in [2.24, 2.45) is 0 Å². The summed E-state index contributed by atoms with van der Waals surface area (Å²) >= 11 is 0. The zero-order chi connectivity index (χ0) is 20.4. The summed E-state index contributed by atoms with van der Waals surface area (Å²) in [7, 11) is 0. The highest BCUT2D eigenvalue weighted by Crippen LogP contribution is 2.26. The smallest absolute Gasteiger partial charge is 0.126 e. The minimum atomic E-state index is -0.587. The molecule has 1 atom stereocenters. The second-order valence-electron chi connectivity index (χ2n) is 6.98. The Hall–Kier alpha value is -3.54. The molecule has 2 aromatic heterocycles. The normalized spacial score (nSPS) is 12.6. The van der Waals surface area contributed by atoms with Gasteiger partial charge in [-0.3, -0.25) is 10.1 Å². The minimum Gasteiger partial charge on any atom is -0.378 e. The van der Waals surface area contributed by atoms with E-state index in [1.54, 1.807) is 6.20 Å². The van der Waals surface area contributed by atoms with Gasteiger partial charge in [-0.2, -0.15) is 5.10 Å². The average Bonchev–Trinajstić information content (AvgIpc) is 3.09. The predicted molar refractivity (Wildman–Crippen MR) is 112 cm³/mol. The van der Waals surface area contributed by atoms with Crippen molar-refractivity contribution in [3.05, 3.63) is 88.9 Å². The highest BCUT2D eigenvalue weighted by molar-refractivity contribution is 5.91. The second-order valence-corrected chi connectivity index (χ2v) is 6.98. The molecule has 1 unspecified atom stereocenters. The molecule has 0 saturated carbocycles. The first-order valence-corrected chi connectivity index (χ1v) is 9.30. The fourth-order valence-corrected chi connectivity index (χ4v) is 3.24. The molecule has 0 amide bonds. The molecule has 0 aliphatic rings. The van der Waals surface area contributed by atoms with Crippen molar-refractivity contribution in [1.29, 1.82) is 0 Å². The van der Waals surface area contributed by atoms with Gasteiger partial charge in [-0.15, -0.1) is 0 Å². The van der Waals surface area contributed by atoms with E-state index in [0.717, 1.165) is 39.6 Å². The van der Waals surface area contributed by atoms with Gasteiger partial charge in [-0.05, 0) is 73.5 Å². The van der Waals surface area contributed by atoms with E-state index in [-0.39, 0.29) is 6.04 Å². The maximum absolute atomic E-state index is 13.5. The van der Waals surface area contributed by atoms with Crippen LogP contribution in [0, 0.1) is 18.6 Å². The third-order valence-corrected chi connectivity index (χ3v) is 4.81. The highest BCUT2D eigenvalue weighted by atomic mass is 19.1. The zero-order valence-corrected chi connectivity index (χ0v) is 16.1. The molecule has 29 heavy (non-hydrogen) atoms. The van der Waals surface area contributed by atoms with E-state index in [1.165, 1.54) is 12.1 Å². The summed E-state index contributed by atoms with van der Waals surface area (Å²) in [5, 5.41) is 11.6. The summed E-state index contributed by atoms with van der Waals surface area (Å²) in [6.45, 7) is 3.87. The number of nitrogens with one attached hydrogen (secondary N) is 2. The molecule has 4 aromatic rings. The molecule has 146 valence electrons. The van der Waals surface area contributed by atoms with Crippen LogP contribution in [0.25, 0.3) is 23.1 Å². The fraction of sp³-hybridized carbons (Fsp3) is 0.130. The van der Waals surface area contributed by atoms with Crippen molar-refractivity contribution < 1.29 is 8.78 Å². The number of rotatable bonds is 5. The van der Waals surface area contributed by atoms with Gasteiger partial charge in [0.15, 0.2) is 0 Å². The number of hydrogen-bond donors (Lipinski definition) is 2. The van der Waals surface area contributed by atoms with Crippen molar-refractivity contribution in [2.45, 2.75) is 19.9 Å². The van der Waals surface area contributed by atoms with Gasteiger partial charge in [0.1, 0.15) is 11.6 Å². The van der Waals surface area contributed by atoms with E-state index in [9.17, 15) is 8.78 Å². The highest BCUT2D eigenvalue weighted by Gasteiger charge is 2.10. The monoisotopic (exact) mass is 390 g/mol. The van der Waals surface area contributed by atoms with Crippen LogP contribution in [0.5, 0.6) is 0 Å². The molecule has 4 rings (SSSR count). The molecular formula is C23H20F2N4. The number of H-pyrrole nitrogens is 1. The van der Waals surface area contributed by atoms with Gasteiger partial charge in [0, 0.05) is 29.4 Å². The molecule has 2 aromatic carbocycles. The van der Waals surface area contributed by atoms with Crippen LogP contribution in [0.15, 0.2) is 54.7 Å². The molecule has 0 saturated heterocycles. The number of aromatic amines is 1. The SMILES string of the molecule is Cc1cccnc1/C=C/c1n[nH]c2ccc(NC(C)c3cc(F)cc(F)c3)cc12. The number of hydrogen-bond acceptors (Lipinski definition) is 3. The Morgan fingerprint density at radius 3 is 2.52 bits per heavy atom. The van der Waals surface area contributed by atoms with Crippen LogP contribution in [-0.4, -0.2) is 15.2 Å². The van der Waals surface area contributed by atoms with E-state index in [1.807, 2.05) is 56.3 Å². The molecule has 0 bridgehead atoms. The molecule has 0 fully saturated rings. The summed E-state index contributed by atoms with van der Waals surface area (Å²) in [6, 6.07) is 13.0. The minimum absolute atomic E-state index is 0.264. The number of anilines is 1. The van der Waals surface area contributed by atoms with E-state index < -0.39 is 11.6 Å². The van der Waals surface area contributed by atoms with Gasteiger partial charge in [0.25, 0.3) is 0 Å². The Morgan fingerprint density at radius 1 is 1.00 bits per heavy atom. The maximum Gasteiger partial charge on any atom is 0.126 e. The van der Waals surface area contributed by atoms with Crippen LogP contribution in [0.3, 0.4) is 0 Å².